The molecule has 4 amide bonds. The number of rotatable bonds is 6. The van der Waals surface area contributed by atoms with Gasteiger partial charge in [0.2, 0.25) is 11.1 Å². The Morgan fingerprint density at radius 2 is 2.07 bits per heavy atom. The van der Waals surface area contributed by atoms with Crippen molar-refractivity contribution in [3.8, 4) is 0 Å². The summed E-state index contributed by atoms with van der Waals surface area (Å²) >= 11 is 1.16. The second kappa shape index (κ2) is 6.65. The minimum absolute atomic E-state index is 0.0216. The van der Waals surface area contributed by atoms with Gasteiger partial charge in [-0.25, -0.2) is 9.48 Å². The van der Waals surface area contributed by atoms with E-state index in [1.54, 1.807) is 35.9 Å². The van der Waals surface area contributed by atoms with Crippen LogP contribution in [0.25, 0.3) is 0 Å². The Kier molecular flexibility index (Phi) is 4.30. The maximum atomic E-state index is 12.7. The molecule has 4 rings (SSSR count). The second-order valence-corrected chi connectivity index (χ2v) is 7.47. The van der Waals surface area contributed by atoms with Crippen molar-refractivity contribution < 1.29 is 14.4 Å². The molecule has 2 fully saturated rings. The molecule has 10 nitrogen and oxygen atoms in total. The molecule has 2 N–H and O–H groups in total. The van der Waals surface area contributed by atoms with Crippen LogP contribution in [0.15, 0.2) is 35.5 Å². The van der Waals surface area contributed by atoms with E-state index >= 15 is 0 Å². The molecule has 0 bridgehead atoms. The monoisotopic (exact) mass is 387 g/mol. The quantitative estimate of drug-likeness (QED) is 0.550. The number of amides is 4. The molecular formula is C16H17N7O3S. The Morgan fingerprint density at radius 3 is 2.78 bits per heavy atom. The zero-order valence-electron chi connectivity index (χ0n) is 14.5. The standard InChI is InChI=1S/C16H17N7O3S/c1-16(10-5-3-2-4-6-10)13(25)23(14(26)17-16)19-12(24)9-27-15-18-20-21-22(15)11-7-8-11/h2-6,11H,7-9H2,1H3,(H,17,26)(H,19,24)/t16-/m0/s1. The Morgan fingerprint density at radius 1 is 1.33 bits per heavy atom. The van der Waals surface area contributed by atoms with Gasteiger partial charge in [0.05, 0.1) is 11.8 Å². The zero-order valence-corrected chi connectivity index (χ0v) is 15.3. The first kappa shape index (κ1) is 17.5. The van der Waals surface area contributed by atoms with Gasteiger partial charge < -0.3 is 5.32 Å². The highest BCUT2D eigenvalue weighted by Gasteiger charge is 2.49. The molecule has 1 aliphatic carbocycles. The maximum Gasteiger partial charge on any atom is 0.344 e. The highest BCUT2D eigenvalue weighted by Crippen LogP contribution is 2.36. The van der Waals surface area contributed by atoms with Crippen LogP contribution in [0.1, 0.15) is 31.4 Å². The third kappa shape index (κ3) is 3.25. The molecule has 2 aliphatic rings. The first-order chi connectivity index (χ1) is 13.0. The summed E-state index contributed by atoms with van der Waals surface area (Å²) in [6.45, 7) is 1.60. The number of benzene rings is 1. The molecule has 11 heteroatoms. The molecule has 0 unspecified atom stereocenters. The molecule has 1 aromatic heterocycles. The van der Waals surface area contributed by atoms with Crippen LogP contribution in [0.2, 0.25) is 0 Å². The SMILES string of the molecule is C[C@@]1(c2ccccc2)NC(=O)N(NC(=O)CSc2nnnn2C2CC2)C1=O. The van der Waals surface area contributed by atoms with E-state index in [1.165, 1.54) is 0 Å². The fourth-order valence-electron chi connectivity index (χ4n) is 2.82. The molecule has 1 saturated heterocycles. The lowest BCUT2D eigenvalue weighted by Crippen LogP contribution is -2.48. The van der Waals surface area contributed by atoms with Crippen molar-refractivity contribution in [2.24, 2.45) is 0 Å². The van der Waals surface area contributed by atoms with Gasteiger partial charge in [-0.3, -0.25) is 15.0 Å². The Bertz CT molecular complexity index is 898. The topological polar surface area (TPSA) is 122 Å². The van der Waals surface area contributed by atoms with E-state index < -0.39 is 23.4 Å². The number of imide groups is 1. The molecule has 27 heavy (non-hydrogen) atoms. The number of urea groups is 1. The van der Waals surface area contributed by atoms with Crippen molar-refractivity contribution in [2.75, 3.05) is 5.75 Å². The van der Waals surface area contributed by atoms with E-state index in [4.69, 9.17) is 0 Å². The number of aromatic nitrogens is 4. The Labute approximate surface area is 158 Å². The van der Waals surface area contributed by atoms with Crippen molar-refractivity contribution in [1.29, 1.82) is 0 Å². The number of hydrogen-bond acceptors (Lipinski definition) is 7. The summed E-state index contributed by atoms with van der Waals surface area (Å²) < 4.78 is 1.69. The minimum Gasteiger partial charge on any atom is -0.318 e. The molecule has 2 aromatic rings. The predicted octanol–water partition coefficient (Wildman–Crippen LogP) is 0.598. The highest BCUT2D eigenvalue weighted by molar-refractivity contribution is 7.99. The van der Waals surface area contributed by atoms with Gasteiger partial charge in [-0.15, -0.1) is 5.10 Å². The lowest BCUT2D eigenvalue weighted by Gasteiger charge is -2.22. The number of carbonyl (C=O) groups excluding carboxylic acids is 3. The van der Waals surface area contributed by atoms with Gasteiger partial charge in [-0.1, -0.05) is 42.1 Å². The summed E-state index contributed by atoms with van der Waals surface area (Å²) in [4.78, 5) is 37.2. The van der Waals surface area contributed by atoms with Crippen molar-refractivity contribution >= 4 is 29.6 Å². The number of thioether (sulfide) groups is 1. The van der Waals surface area contributed by atoms with Crippen molar-refractivity contribution in [1.82, 2.24) is 36.0 Å². The van der Waals surface area contributed by atoms with Crippen LogP contribution in [-0.2, 0) is 15.1 Å². The summed E-state index contributed by atoms with van der Waals surface area (Å²) in [6.07, 6.45) is 2.04. The number of tetrazole rings is 1. The molecule has 140 valence electrons. The van der Waals surface area contributed by atoms with Crippen LogP contribution in [0, 0.1) is 0 Å². The van der Waals surface area contributed by atoms with E-state index in [9.17, 15) is 14.4 Å². The van der Waals surface area contributed by atoms with Gasteiger partial charge >= 0.3 is 6.03 Å². The van der Waals surface area contributed by atoms with E-state index in [-0.39, 0.29) is 5.75 Å². The summed E-state index contributed by atoms with van der Waals surface area (Å²) in [5, 5.41) is 15.3. The van der Waals surface area contributed by atoms with Gasteiger partial charge in [0.25, 0.3) is 5.91 Å². The maximum absolute atomic E-state index is 12.7. The van der Waals surface area contributed by atoms with Crippen LogP contribution in [-0.4, -0.2) is 48.8 Å². The number of nitrogens with zero attached hydrogens (tertiary/aromatic N) is 5. The molecule has 0 radical (unpaired) electrons. The Balaban J connectivity index is 1.40. The van der Waals surface area contributed by atoms with Crippen LogP contribution in [0.3, 0.4) is 0 Å². The summed E-state index contributed by atoms with van der Waals surface area (Å²) in [7, 11) is 0. The number of carbonyl (C=O) groups is 3. The second-order valence-electron chi connectivity index (χ2n) is 6.52. The number of hydrazine groups is 1. The third-order valence-corrected chi connectivity index (χ3v) is 5.40. The van der Waals surface area contributed by atoms with Crippen LogP contribution >= 0.6 is 11.8 Å². The van der Waals surface area contributed by atoms with E-state index in [0.717, 1.165) is 29.6 Å². The lowest BCUT2D eigenvalue weighted by atomic mass is 9.92. The molecule has 1 atom stereocenters. The van der Waals surface area contributed by atoms with Gasteiger partial charge in [-0.2, -0.15) is 5.01 Å². The summed E-state index contributed by atoms with van der Waals surface area (Å²) in [5.74, 6) is -1.06. The molecule has 0 spiro atoms. The van der Waals surface area contributed by atoms with Crippen molar-refractivity contribution in [2.45, 2.75) is 36.5 Å². The fourth-order valence-corrected chi connectivity index (χ4v) is 3.56. The zero-order chi connectivity index (χ0) is 19.0. The van der Waals surface area contributed by atoms with Gasteiger partial charge in [-0.05, 0) is 35.8 Å². The van der Waals surface area contributed by atoms with Crippen LogP contribution in [0.5, 0.6) is 0 Å². The average Bonchev–Trinajstić information content (AvgIpc) is 3.37. The number of hydrogen-bond donors (Lipinski definition) is 2. The molecule has 1 saturated carbocycles. The average molecular weight is 387 g/mol. The van der Waals surface area contributed by atoms with E-state index in [2.05, 4.69) is 26.3 Å². The largest absolute Gasteiger partial charge is 0.344 e. The number of nitrogens with one attached hydrogen (secondary N) is 2. The highest BCUT2D eigenvalue weighted by atomic mass is 32.2. The first-order valence-corrected chi connectivity index (χ1v) is 9.40. The third-order valence-electron chi connectivity index (χ3n) is 4.47. The Hall–Kier alpha value is -2.95. The van der Waals surface area contributed by atoms with E-state index in [0.29, 0.717) is 16.8 Å². The van der Waals surface area contributed by atoms with Crippen LogP contribution in [0.4, 0.5) is 4.79 Å². The molecular weight excluding hydrogens is 370 g/mol. The van der Waals surface area contributed by atoms with Crippen molar-refractivity contribution in [3.05, 3.63) is 35.9 Å². The normalized spacial score (nSPS) is 22.0. The van der Waals surface area contributed by atoms with E-state index in [1.807, 2.05) is 6.07 Å². The fraction of sp³-hybridized carbons (Fsp3) is 0.375. The van der Waals surface area contributed by atoms with Gasteiger partial charge in [0, 0.05) is 0 Å². The molecule has 1 aromatic carbocycles. The predicted molar refractivity (Wildman–Crippen MR) is 94.1 cm³/mol. The molecule has 1 aliphatic heterocycles. The smallest absolute Gasteiger partial charge is 0.318 e. The first-order valence-electron chi connectivity index (χ1n) is 8.41. The summed E-state index contributed by atoms with van der Waals surface area (Å²) in [5.41, 5.74) is 1.77. The van der Waals surface area contributed by atoms with Crippen LogP contribution < -0.4 is 10.7 Å². The molecule has 2 heterocycles. The van der Waals surface area contributed by atoms with Gasteiger partial charge in [0.1, 0.15) is 5.54 Å². The summed E-state index contributed by atoms with van der Waals surface area (Å²) in [6, 6.07) is 8.49. The lowest BCUT2D eigenvalue weighted by molar-refractivity contribution is -0.138. The van der Waals surface area contributed by atoms with Gasteiger partial charge in [0.15, 0.2) is 0 Å². The van der Waals surface area contributed by atoms with Crippen molar-refractivity contribution in [3.63, 3.8) is 0 Å². The minimum atomic E-state index is -1.23.